The Hall–Kier alpha value is -4.72. The molecule has 0 fully saturated rings. The van der Waals surface area contributed by atoms with Crippen molar-refractivity contribution in [1.82, 2.24) is 34.9 Å². The molecule has 2 aromatic heterocycles. The van der Waals surface area contributed by atoms with Crippen LogP contribution in [0.3, 0.4) is 0 Å². The first kappa shape index (κ1) is 53.1. The second kappa shape index (κ2) is 23.2. The molecule has 7 rings (SSSR count). The third-order valence-corrected chi connectivity index (χ3v) is 14.5. The zero-order valence-corrected chi connectivity index (χ0v) is 42.9. The standard InChI is InChI=1S/C38H42Cl4N14O10S4/c1-55(11-15-67-17-13-57)37-51-33(41)49-35(53-37)45-9-7-43-21-5-3-19-27(31(21)69(59,60)61)65-29-23(39)26-30(24(40)25(29)47-19)66-28-20(48-26)4-6-22(32(28)70(62,63)64)44-8-10-46-36-50-34(42)52-38(54-36)56(2)12-16-68-18-14-58/h3-6,43,47,57-58H,7-18H2,1-2H3,(H,59,60,61)(H,62,63,64)(H,45,49,51,53)(H,46,50,52,54)/p-2. The summed E-state index contributed by atoms with van der Waals surface area (Å²) in [5.41, 5.74) is -0.792. The minimum atomic E-state index is -5.29. The van der Waals surface area contributed by atoms with Gasteiger partial charge in [0.2, 0.25) is 34.4 Å². The molecule has 1 aliphatic carbocycles. The van der Waals surface area contributed by atoms with Crippen molar-refractivity contribution in [2.75, 3.05) is 121 Å². The molecule has 0 atom stereocenters. The molecule has 3 aliphatic rings. The van der Waals surface area contributed by atoms with Gasteiger partial charge in [0.25, 0.3) is 0 Å². The predicted molar refractivity (Wildman–Crippen MR) is 267 cm³/mol. The summed E-state index contributed by atoms with van der Waals surface area (Å²) in [5, 5.41) is 28.9. The molecule has 2 aromatic carbocycles. The smallest absolute Gasteiger partial charge is 0.231 e. The molecule has 24 nitrogen and oxygen atoms in total. The zero-order chi connectivity index (χ0) is 50.3. The quantitative estimate of drug-likeness (QED) is 0.0293. The first-order valence-electron chi connectivity index (χ1n) is 20.5. The van der Waals surface area contributed by atoms with Gasteiger partial charge in [0.15, 0.2) is 22.8 Å². The largest absolute Gasteiger partial charge is 0.744 e. The second-order valence-corrected chi connectivity index (χ2v) is 21.1. The third-order valence-electron chi connectivity index (χ3n) is 9.74. The molecule has 0 unspecified atom stereocenters. The molecule has 2 aliphatic heterocycles. The first-order chi connectivity index (χ1) is 33.4. The van der Waals surface area contributed by atoms with E-state index in [9.17, 15) is 25.9 Å². The first-order valence-corrected chi connectivity index (χ1v) is 27.2. The number of nitrogens with one attached hydrogen (secondary N) is 4. The van der Waals surface area contributed by atoms with E-state index in [0.29, 0.717) is 48.0 Å². The number of nitrogens with zero attached hydrogens (tertiary/aromatic N) is 10. The fraction of sp³-hybridized carbons (Fsp3) is 0.368. The van der Waals surface area contributed by atoms with Gasteiger partial charge in [0, 0.05) is 69.8 Å². The van der Waals surface area contributed by atoms with Gasteiger partial charge in [-0.3, -0.25) is 4.99 Å². The van der Waals surface area contributed by atoms with Crippen LogP contribution in [-0.4, -0.2) is 161 Å². The van der Waals surface area contributed by atoms with Crippen LogP contribution in [0, 0.1) is 0 Å². The number of aliphatic hydroxyl groups is 2. The number of aromatic nitrogens is 7. The van der Waals surface area contributed by atoms with Crippen molar-refractivity contribution in [2.24, 2.45) is 4.99 Å². The fourth-order valence-electron chi connectivity index (χ4n) is 6.57. The number of benzene rings is 3. The zero-order valence-electron chi connectivity index (χ0n) is 36.6. The molecule has 0 amide bonds. The van der Waals surface area contributed by atoms with E-state index in [4.69, 9.17) is 65.8 Å². The molecular weight excluding hydrogens is 1080 g/mol. The molecule has 6 N–H and O–H groups in total. The molecule has 0 saturated carbocycles. The number of hydrogen-bond acceptors (Lipinski definition) is 26. The lowest BCUT2D eigenvalue weighted by molar-refractivity contribution is 0.322. The number of anilines is 7. The second-order valence-electron chi connectivity index (χ2n) is 14.6. The van der Waals surface area contributed by atoms with Crippen molar-refractivity contribution in [3.8, 4) is 23.0 Å². The highest BCUT2D eigenvalue weighted by molar-refractivity contribution is 7.99. The molecule has 0 spiro atoms. The van der Waals surface area contributed by atoms with Gasteiger partial charge < -0.3 is 59.5 Å². The summed E-state index contributed by atoms with van der Waals surface area (Å²) in [7, 11) is -7.00. The van der Waals surface area contributed by atoms with E-state index in [1.165, 1.54) is 24.3 Å². The predicted octanol–water partition coefficient (Wildman–Crippen LogP) is 4.43. The van der Waals surface area contributed by atoms with Gasteiger partial charge in [-0.1, -0.05) is 23.2 Å². The molecule has 4 heterocycles. The maximum Gasteiger partial charge on any atom is 0.231 e. The Kier molecular flexibility index (Phi) is 17.6. The Labute approximate surface area is 428 Å². The van der Waals surface area contributed by atoms with E-state index in [2.05, 4.69) is 61.1 Å². The number of halogens is 4. The van der Waals surface area contributed by atoms with Crippen LogP contribution >= 0.6 is 69.9 Å². The summed E-state index contributed by atoms with van der Waals surface area (Å²) in [4.78, 5) is 35.9. The summed E-state index contributed by atoms with van der Waals surface area (Å²) in [6.45, 7) is 1.41. The minimum absolute atomic E-state index is 0.0172. The summed E-state index contributed by atoms with van der Waals surface area (Å²) in [6.07, 6.45) is 0. The lowest BCUT2D eigenvalue weighted by Gasteiger charge is -2.28. The van der Waals surface area contributed by atoms with Gasteiger partial charge in [0.05, 0.1) is 36.5 Å². The maximum atomic E-state index is 12.9. The van der Waals surface area contributed by atoms with Crippen molar-refractivity contribution in [3.63, 3.8) is 0 Å². The average Bonchev–Trinajstić information content (AvgIpc) is 3.31. The molecular formula is C38H40Cl4N14O10S4-2. The van der Waals surface area contributed by atoms with Crippen molar-refractivity contribution in [2.45, 2.75) is 9.79 Å². The van der Waals surface area contributed by atoms with Crippen molar-refractivity contribution in [3.05, 3.63) is 50.2 Å². The van der Waals surface area contributed by atoms with Crippen LogP contribution in [0.25, 0.3) is 22.6 Å². The van der Waals surface area contributed by atoms with Crippen LogP contribution in [0.5, 0.6) is 11.5 Å². The van der Waals surface area contributed by atoms with Crippen LogP contribution in [0.15, 0.2) is 43.5 Å². The van der Waals surface area contributed by atoms with Crippen LogP contribution in [-0.2, 0) is 20.2 Å². The number of thioether (sulfide) groups is 2. The molecule has 376 valence electrons. The third kappa shape index (κ3) is 12.7. The van der Waals surface area contributed by atoms with Gasteiger partial charge >= 0.3 is 0 Å². The molecule has 70 heavy (non-hydrogen) atoms. The highest BCUT2D eigenvalue weighted by Gasteiger charge is 2.33. The topological polar surface area (TPSA) is 334 Å². The Morgan fingerprint density at radius 3 is 1.89 bits per heavy atom. The van der Waals surface area contributed by atoms with Crippen LogP contribution < -0.4 is 41.2 Å². The Morgan fingerprint density at radius 2 is 1.30 bits per heavy atom. The Morgan fingerprint density at radius 1 is 0.714 bits per heavy atom. The van der Waals surface area contributed by atoms with Gasteiger partial charge in [-0.05, 0) is 47.5 Å². The SMILES string of the molecule is CN(CCSCCO)c1nc(Cl)nc(NCCN=c2ccc3nc4c(Cl)c5c(c(Cl)c4oc-3c2S(=O)(=O)[O-])Nc2ccc(NCCNc3nc(Cl)nc(N(C)CCSCCO)n3)c(S(=O)(=O)[O-])c2O5)n1. The molecule has 4 aromatic rings. The van der Waals surface area contributed by atoms with E-state index >= 15 is 0 Å². The summed E-state index contributed by atoms with van der Waals surface area (Å²) >= 11 is 29.1. The highest BCUT2D eigenvalue weighted by atomic mass is 35.5. The Balaban J connectivity index is 1.11. The number of aliphatic hydroxyl groups excluding tert-OH is 2. The van der Waals surface area contributed by atoms with Gasteiger partial charge in [-0.15, -0.1) is 0 Å². The van der Waals surface area contributed by atoms with E-state index in [-0.39, 0.29) is 117 Å². The van der Waals surface area contributed by atoms with Crippen LogP contribution in [0.4, 0.5) is 40.9 Å². The van der Waals surface area contributed by atoms with Gasteiger partial charge in [0.1, 0.15) is 57.0 Å². The number of fused-ring (bicyclic) bond motifs is 4. The monoisotopic (exact) mass is 1120 g/mol. The normalized spacial score (nSPS) is 12.6. The van der Waals surface area contributed by atoms with E-state index < -0.39 is 41.5 Å². The van der Waals surface area contributed by atoms with E-state index in [0.717, 1.165) is 0 Å². The van der Waals surface area contributed by atoms with Crippen molar-refractivity contribution >= 4 is 142 Å². The molecule has 0 bridgehead atoms. The summed E-state index contributed by atoms with van der Waals surface area (Å²) < 4.78 is 89.2. The van der Waals surface area contributed by atoms with Gasteiger partial charge in [-0.25, -0.2) is 21.8 Å². The van der Waals surface area contributed by atoms with Crippen LogP contribution in [0.1, 0.15) is 0 Å². The van der Waals surface area contributed by atoms with E-state index in [1.54, 1.807) is 47.4 Å². The number of rotatable bonds is 23. The van der Waals surface area contributed by atoms with Crippen molar-refractivity contribution in [1.29, 1.82) is 0 Å². The lowest BCUT2D eigenvalue weighted by atomic mass is 10.1. The summed E-state index contributed by atoms with van der Waals surface area (Å²) in [5.74, 6) is 2.29. The molecule has 0 saturated heterocycles. The maximum absolute atomic E-state index is 12.9. The number of ether oxygens (including phenoxy) is 1. The van der Waals surface area contributed by atoms with Crippen LogP contribution in [0.2, 0.25) is 20.6 Å². The molecule has 32 heteroatoms. The summed E-state index contributed by atoms with van der Waals surface area (Å²) in [6, 6.07) is 5.33. The van der Waals surface area contributed by atoms with Gasteiger partial charge in [-0.2, -0.15) is 53.4 Å². The highest BCUT2D eigenvalue weighted by Crippen LogP contribution is 2.55. The fourth-order valence-corrected chi connectivity index (χ4v) is 10.4. The minimum Gasteiger partial charge on any atom is -0.744 e. The lowest BCUT2D eigenvalue weighted by Crippen LogP contribution is -2.24. The Bertz CT molecular complexity index is 3170. The average molecular weight is 1120 g/mol. The van der Waals surface area contributed by atoms with E-state index in [1.807, 2.05) is 0 Å². The number of hydrogen-bond donors (Lipinski definition) is 6. The van der Waals surface area contributed by atoms with Crippen molar-refractivity contribution < 1.29 is 45.3 Å². The molecule has 0 radical (unpaired) electrons.